The lowest BCUT2D eigenvalue weighted by Crippen LogP contribution is -2.27. The van der Waals surface area contributed by atoms with Crippen molar-refractivity contribution < 1.29 is 14.6 Å². The minimum absolute atomic E-state index is 0.00967. The first-order valence-corrected chi connectivity index (χ1v) is 4.11. The maximum atomic E-state index is 11.2. The van der Waals surface area contributed by atoms with E-state index in [1.165, 1.54) is 6.08 Å². The number of aliphatic hydroxyl groups is 1. The standard InChI is InChI=1S/C9H14O3/c1-9(2)8(11)6-7(12-9)4-3-5-10/h6,10H,3-5H2,1-2H3. The van der Waals surface area contributed by atoms with Gasteiger partial charge in [-0.15, -0.1) is 0 Å². The topological polar surface area (TPSA) is 46.5 Å². The molecule has 0 bridgehead atoms. The molecule has 1 heterocycles. The smallest absolute Gasteiger partial charge is 0.201 e. The summed E-state index contributed by atoms with van der Waals surface area (Å²) < 4.78 is 5.36. The first kappa shape index (κ1) is 9.26. The second-order valence-corrected chi connectivity index (χ2v) is 3.41. The van der Waals surface area contributed by atoms with E-state index in [4.69, 9.17) is 9.84 Å². The SMILES string of the molecule is CC1(C)OC(CCCO)=CC1=O. The highest BCUT2D eigenvalue weighted by molar-refractivity contribution is 5.98. The molecule has 0 fully saturated rings. The Morgan fingerprint density at radius 1 is 1.58 bits per heavy atom. The number of ether oxygens (including phenoxy) is 1. The molecule has 12 heavy (non-hydrogen) atoms. The van der Waals surface area contributed by atoms with Crippen LogP contribution in [0.5, 0.6) is 0 Å². The van der Waals surface area contributed by atoms with E-state index in [-0.39, 0.29) is 12.4 Å². The normalized spacial score (nSPS) is 20.6. The Balaban J connectivity index is 2.51. The first-order valence-electron chi connectivity index (χ1n) is 4.11. The minimum atomic E-state index is -0.690. The zero-order valence-electron chi connectivity index (χ0n) is 7.46. The summed E-state index contributed by atoms with van der Waals surface area (Å²) in [6.07, 6.45) is 2.82. The van der Waals surface area contributed by atoms with Gasteiger partial charge in [0.05, 0.1) is 0 Å². The fraction of sp³-hybridized carbons (Fsp3) is 0.667. The zero-order chi connectivity index (χ0) is 9.19. The van der Waals surface area contributed by atoms with Crippen molar-refractivity contribution in [3.8, 4) is 0 Å². The van der Waals surface area contributed by atoms with E-state index in [0.717, 1.165) is 0 Å². The third-order valence-electron chi connectivity index (χ3n) is 1.85. The molecular weight excluding hydrogens is 156 g/mol. The van der Waals surface area contributed by atoms with Crippen molar-refractivity contribution >= 4 is 5.78 Å². The molecule has 1 rings (SSSR count). The Bertz CT molecular complexity index is 216. The Hall–Kier alpha value is -0.830. The maximum absolute atomic E-state index is 11.2. The van der Waals surface area contributed by atoms with Crippen LogP contribution in [0.1, 0.15) is 26.7 Å². The van der Waals surface area contributed by atoms with Crippen LogP contribution in [0.3, 0.4) is 0 Å². The minimum Gasteiger partial charge on any atom is -0.484 e. The molecule has 0 aliphatic carbocycles. The van der Waals surface area contributed by atoms with Crippen molar-refractivity contribution in [1.29, 1.82) is 0 Å². The molecule has 1 N–H and O–H groups in total. The molecule has 68 valence electrons. The fourth-order valence-electron chi connectivity index (χ4n) is 1.10. The summed E-state index contributed by atoms with van der Waals surface area (Å²) in [5, 5.41) is 8.55. The van der Waals surface area contributed by atoms with Gasteiger partial charge >= 0.3 is 0 Å². The molecule has 0 unspecified atom stereocenters. The van der Waals surface area contributed by atoms with E-state index in [9.17, 15) is 4.79 Å². The van der Waals surface area contributed by atoms with Gasteiger partial charge < -0.3 is 9.84 Å². The van der Waals surface area contributed by atoms with Gasteiger partial charge in [-0.3, -0.25) is 4.79 Å². The molecule has 1 aliphatic rings. The van der Waals surface area contributed by atoms with Gasteiger partial charge in [0.1, 0.15) is 5.76 Å². The van der Waals surface area contributed by atoms with Crippen molar-refractivity contribution in [1.82, 2.24) is 0 Å². The van der Waals surface area contributed by atoms with Crippen LogP contribution >= 0.6 is 0 Å². The molecule has 0 amide bonds. The van der Waals surface area contributed by atoms with Crippen LogP contribution in [-0.4, -0.2) is 23.1 Å². The zero-order valence-corrected chi connectivity index (χ0v) is 7.46. The first-order chi connectivity index (χ1) is 5.56. The van der Waals surface area contributed by atoms with Crippen molar-refractivity contribution in [3.63, 3.8) is 0 Å². The number of carbonyl (C=O) groups excluding carboxylic acids is 1. The van der Waals surface area contributed by atoms with E-state index in [2.05, 4.69) is 0 Å². The Morgan fingerprint density at radius 3 is 2.67 bits per heavy atom. The van der Waals surface area contributed by atoms with E-state index in [1.807, 2.05) is 0 Å². The number of ketones is 1. The summed E-state index contributed by atoms with van der Waals surface area (Å²) in [5.74, 6) is 0.703. The number of hydrogen-bond donors (Lipinski definition) is 1. The van der Waals surface area contributed by atoms with E-state index >= 15 is 0 Å². The van der Waals surface area contributed by atoms with Crippen LogP contribution in [0.4, 0.5) is 0 Å². The highest BCUT2D eigenvalue weighted by Gasteiger charge is 2.34. The van der Waals surface area contributed by atoms with Gasteiger partial charge in [-0.25, -0.2) is 0 Å². The lowest BCUT2D eigenvalue weighted by Gasteiger charge is -2.17. The molecule has 3 heteroatoms. The molecule has 0 saturated heterocycles. The summed E-state index contributed by atoms with van der Waals surface area (Å²) in [7, 11) is 0. The summed E-state index contributed by atoms with van der Waals surface area (Å²) in [6, 6.07) is 0. The predicted octanol–water partition coefficient (Wildman–Crippen LogP) is 1.02. The molecule has 0 aromatic heterocycles. The third-order valence-corrected chi connectivity index (χ3v) is 1.85. The molecule has 0 aromatic rings. The fourth-order valence-corrected chi connectivity index (χ4v) is 1.10. The predicted molar refractivity (Wildman–Crippen MR) is 44.6 cm³/mol. The Morgan fingerprint density at radius 2 is 2.25 bits per heavy atom. The molecule has 0 aromatic carbocycles. The van der Waals surface area contributed by atoms with Gasteiger partial charge in [0.15, 0.2) is 5.60 Å². The second-order valence-electron chi connectivity index (χ2n) is 3.41. The quantitative estimate of drug-likeness (QED) is 0.687. The van der Waals surface area contributed by atoms with Crippen molar-refractivity contribution in [2.45, 2.75) is 32.3 Å². The van der Waals surface area contributed by atoms with Gasteiger partial charge in [-0.2, -0.15) is 0 Å². The number of rotatable bonds is 3. The van der Waals surface area contributed by atoms with Gasteiger partial charge in [-0.05, 0) is 20.3 Å². The van der Waals surface area contributed by atoms with Crippen LogP contribution in [0, 0.1) is 0 Å². The van der Waals surface area contributed by atoms with Gasteiger partial charge in [0.2, 0.25) is 5.78 Å². The van der Waals surface area contributed by atoms with Gasteiger partial charge in [0, 0.05) is 19.1 Å². The molecule has 1 aliphatic heterocycles. The van der Waals surface area contributed by atoms with Crippen molar-refractivity contribution in [2.24, 2.45) is 0 Å². The Labute approximate surface area is 72.0 Å². The average molecular weight is 170 g/mol. The monoisotopic (exact) mass is 170 g/mol. The van der Waals surface area contributed by atoms with Gasteiger partial charge in [-0.1, -0.05) is 0 Å². The van der Waals surface area contributed by atoms with E-state index in [0.29, 0.717) is 18.6 Å². The summed E-state index contributed by atoms with van der Waals surface area (Å²) in [4.78, 5) is 11.2. The Kier molecular flexibility index (Phi) is 2.52. The summed E-state index contributed by atoms with van der Waals surface area (Å²) >= 11 is 0. The van der Waals surface area contributed by atoms with Crippen LogP contribution in [0.25, 0.3) is 0 Å². The molecule has 0 atom stereocenters. The molecule has 0 saturated carbocycles. The maximum Gasteiger partial charge on any atom is 0.201 e. The second kappa shape index (κ2) is 3.27. The van der Waals surface area contributed by atoms with Crippen LogP contribution in [0.15, 0.2) is 11.8 Å². The lowest BCUT2D eigenvalue weighted by atomic mass is 10.1. The number of allylic oxidation sites excluding steroid dienone is 1. The lowest BCUT2D eigenvalue weighted by molar-refractivity contribution is -0.127. The molecule has 3 nitrogen and oxygen atoms in total. The third kappa shape index (κ3) is 1.85. The summed E-state index contributed by atoms with van der Waals surface area (Å²) in [5.41, 5.74) is -0.690. The van der Waals surface area contributed by atoms with E-state index in [1.54, 1.807) is 13.8 Å². The van der Waals surface area contributed by atoms with Gasteiger partial charge in [0.25, 0.3) is 0 Å². The van der Waals surface area contributed by atoms with Crippen LogP contribution < -0.4 is 0 Å². The largest absolute Gasteiger partial charge is 0.484 e. The molecular formula is C9H14O3. The molecule has 0 spiro atoms. The average Bonchev–Trinajstić information content (AvgIpc) is 2.22. The van der Waals surface area contributed by atoms with E-state index < -0.39 is 5.60 Å². The highest BCUT2D eigenvalue weighted by atomic mass is 16.5. The van der Waals surface area contributed by atoms with Crippen LogP contribution in [-0.2, 0) is 9.53 Å². The van der Waals surface area contributed by atoms with Crippen LogP contribution in [0.2, 0.25) is 0 Å². The van der Waals surface area contributed by atoms with Crippen molar-refractivity contribution in [2.75, 3.05) is 6.61 Å². The number of hydrogen-bond acceptors (Lipinski definition) is 3. The number of aliphatic hydroxyl groups excluding tert-OH is 1. The summed E-state index contributed by atoms with van der Waals surface area (Å²) in [6.45, 7) is 3.63. The number of carbonyl (C=O) groups is 1. The highest BCUT2D eigenvalue weighted by Crippen LogP contribution is 2.26. The molecule has 0 radical (unpaired) electrons. The van der Waals surface area contributed by atoms with Crippen molar-refractivity contribution in [3.05, 3.63) is 11.8 Å².